The number of carbonyl (C=O) groups excluding carboxylic acids is 1. The van der Waals surface area contributed by atoms with Gasteiger partial charge in [-0.3, -0.25) is 9.78 Å². The molecule has 0 bridgehead atoms. The van der Waals surface area contributed by atoms with Crippen molar-refractivity contribution in [1.82, 2.24) is 25.2 Å². The largest absolute Gasteiger partial charge is 0.361 e. The smallest absolute Gasteiger partial charge is 0.256 e. The van der Waals surface area contributed by atoms with Gasteiger partial charge in [0.2, 0.25) is 0 Å². The van der Waals surface area contributed by atoms with Crippen LogP contribution in [-0.4, -0.2) is 37.7 Å². The van der Waals surface area contributed by atoms with Gasteiger partial charge in [-0.05, 0) is 38.8 Å². The van der Waals surface area contributed by atoms with E-state index < -0.39 is 0 Å². The van der Waals surface area contributed by atoms with E-state index in [9.17, 15) is 4.79 Å². The van der Waals surface area contributed by atoms with Gasteiger partial charge >= 0.3 is 0 Å². The summed E-state index contributed by atoms with van der Waals surface area (Å²) in [4.78, 5) is 19.3. The Morgan fingerprint density at radius 3 is 2.73 bits per heavy atom. The van der Waals surface area contributed by atoms with E-state index in [1.54, 1.807) is 6.07 Å². The van der Waals surface area contributed by atoms with Gasteiger partial charge in [0.25, 0.3) is 5.91 Å². The molecule has 26 heavy (non-hydrogen) atoms. The van der Waals surface area contributed by atoms with Gasteiger partial charge in [-0.2, -0.15) is 10.2 Å². The number of rotatable bonds is 3. The number of hydrogen-bond acceptors (Lipinski definition) is 6. The Morgan fingerprint density at radius 2 is 2.08 bits per heavy atom. The van der Waals surface area contributed by atoms with Gasteiger partial charge in [-0.15, -0.1) is 0 Å². The average molecular weight is 349 g/mol. The van der Waals surface area contributed by atoms with Crippen LogP contribution in [-0.2, 0) is 0 Å². The lowest BCUT2D eigenvalue weighted by Gasteiger charge is -2.24. The van der Waals surface area contributed by atoms with Gasteiger partial charge in [0.15, 0.2) is 0 Å². The molecule has 1 amide bonds. The number of amides is 1. The summed E-state index contributed by atoms with van der Waals surface area (Å²) >= 11 is 0. The van der Waals surface area contributed by atoms with Crippen molar-refractivity contribution in [3.05, 3.63) is 59.5 Å². The molecular weight excluding hydrogens is 330 g/mol. The number of aromatic nitrogens is 4. The fourth-order valence-corrected chi connectivity index (χ4v) is 3.55. The lowest BCUT2D eigenvalue weighted by molar-refractivity contribution is 0.0732. The maximum atomic E-state index is 12.8. The van der Waals surface area contributed by atoms with Crippen LogP contribution < -0.4 is 0 Å². The van der Waals surface area contributed by atoms with Crippen LogP contribution in [0.5, 0.6) is 0 Å². The zero-order chi connectivity index (χ0) is 18.1. The summed E-state index contributed by atoms with van der Waals surface area (Å²) in [5, 5.41) is 11.5. The molecule has 7 nitrogen and oxygen atoms in total. The summed E-state index contributed by atoms with van der Waals surface area (Å²) in [6.45, 7) is 4.53. The summed E-state index contributed by atoms with van der Waals surface area (Å²) in [6.07, 6.45) is 6.74. The fraction of sp³-hybridized carbons (Fsp3) is 0.316. The molecule has 0 aliphatic carbocycles. The molecule has 1 aliphatic heterocycles. The van der Waals surface area contributed by atoms with E-state index in [-0.39, 0.29) is 11.9 Å². The first kappa shape index (κ1) is 16.4. The SMILES string of the molecule is Cc1noc(C)c1-c1ccc(C2CCCN2C(=O)c2ccnnc2)nc1. The molecule has 0 aromatic carbocycles. The predicted molar refractivity (Wildman–Crippen MR) is 94.3 cm³/mol. The molecule has 4 heterocycles. The van der Waals surface area contributed by atoms with Crippen LogP contribution in [0.1, 0.15) is 46.4 Å². The summed E-state index contributed by atoms with van der Waals surface area (Å²) in [5.41, 5.74) is 4.25. The van der Waals surface area contributed by atoms with Gasteiger partial charge in [0, 0.05) is 23.9 Å². The molecule has 7 heteroatoms. The Morgan fingerprint density at radius 1 is 1.19 bits per heavy atom. The number of pyridine rings is 1. The van der Waals surface area contributed by atoms with E-state index in [2.05, 4.69) is 20.3 Å². The van der Waals surface area contributed by atoms with Crippen molar-refractivity contribution in [1.29, 1.82) is 0 Å². The van der Waals surface area contributed by atoms with Crippen LogP contribution >= 0.6 is 0 Å². The van der Waals surface area contributed by atoms with Gasteiger partial charge < -0.3 is 9.42 Å². The summed E-state index contributed by atoms with van der Waals surface area (Å²) in [7, 11) is 0. The van der Waals surface area contributed by atoms with Crippen LogP contribution in [0.25, 0.3) is 11.1 Å². The van der Waals surface area contributed by atoms with Crippen molar-refractivity contribution in [3.63, 3.8) is 0 Å². The molecule has 132 valence electrons. The van der Waals surface area contributed by atoms with Gasteiger partial charge in [-0.25, -0.2) is 0 Å². The summed E-state index contributed by atoms with van der Waals surface area (Å²) in [5.74, 6) is 0.749. The van der Waals surface area contributed by atoms with Crippen molar-refractivity contribution in [3.8, 4) is 11.1 Å². The van der Waals surface area contributed by atoms with Crippen LogP contribution in [0.2, 0.25) is 0 Å². The molecule has 1 saturated heterocycles. The summed E-state index contributed by atoms with van der Waals surface area (Å²) in [6, 6.07) is 5.68. The highest BCUT2D eigenvalue weighted by molar-refractivity contribution is 5.94. The lowest BCUT2D eigenvalue weighted by Crippen LogP contribution is -2.31. The van der Waals surface area contributed by atoms with Gasteiger partial charge in [0.1, 0.15) is 5.76 Å². The highest BCUT2D eigenvalue weighted by Gasteiger charge is 2.31. The molecule has 0 N–H and O–H groups in total. The number of aryl methyl sites for hydroxylation is 2. The van der Waals surface area contributed by atoms with Crippen molar-refractivity contribution in [2.75, 3.05) is 6.54 Å². The normalized spacial score (nSPS) is 16.8. The monoisotopic (exact) mass is 349 g/mol. The van der Waals surface area contributed by atoms with Gasteiger partial charge in [0.05, 0.1) is 35.4 Å². The zero-order valence-electron chi connectivity index (χ0n) is 14.7. The highest BCUT2D eigenvalue weighted by atomic mass is 16.5. The number of hydrogen-bond donors (Lipinski definition) is 0. The molecule has 1 aliphatic rings. The third-order valence-electron chi connectivity index (χ3n) is 4.79. The maximum Gasteiger partial charge on any atom is 0.256 e. The standard InChI is InChI=1S/C19H19N5O2/c1-12-18(13(2)26-23-12)14-5-6-16(20-10-14)17-4-3-9-24(17)19(25)15-7-8-21-22-11-15/h5-8,10-11,17H,3-4,9H2,1-2H3. The van der Waals surface area contributed by atoms with E-state index in [4.69, 9.17) is 4.52 Å². The zero-order valence-corrected chi connectivity index (χ0v) is 14.7. The van der Waals surface area contributed by atoms with Crippen LogP contribution in [0.3, 0.4) is 0 Å². The van der Waals surface area contributed by atoms with Crippen molar-refractivity contribution < 1.29 is 9.32 Å². The molecule has 1 unspecified atom stereocenters. The second kappa shape index (κ2) is 6.67. The van der Waals surface area contributed by atoms with E-state index >= 15 is 0 Å². The molecule has 4 rings (SSSR count). The van der Waals surface area contributed by atoms with E-state index in [1.165, 1.54) is 12.4 Å². The second-order valence-electron chi connectivity index (χ2n) is 6.46. The lowest BCUT2D eigenvalue weighted by atomic mass is 10.0. The van der Waals surface area contributed by atoms with Crippen LogP contribution in [0, 0.1) is 13.8 Å². The second-order valence-corrected chi connectivity index (χ2v) is 6.46. The maximum absolute atomic E-state index is 12.8. The predicted octanol–water partition coefficient (Wildman–Crippen LogP) is 3.12. The van der Waals surface area contributed by atoms with E-state index in [1.807, 2.05) is 37.1 Å². The Hall–Kier alpha value is -3.09. The van der Waals surface area contributed by atoms with Crippen LogP contribution in [0.15, 0.2) is 41.3 Å². The van der Waals surface area contributed by atoms with E-state index in [0.29, 0.717) is 5.56 Å². The van der Waals surface area contributed by atoms with Crippen molar-refractivity contribution >= 4 is 5.91 Å². The Bertz CT molecular complexity index is 901. The third kappa shape index (κ3) is 2.85. The number of likely N-dealkylation sites (tertiary alicyclic amines) is 1. The Kier molecular flexibility index (Phi) is 4.20. The number of carbonyl (C=O) groups is 1. The Labute approximate surface area is 151 Å². The molecule has 0 saturated carbocycles. The molecule has 0 radical (unpaired) electrons. The first-order valence-corrected chi connectivity index (χ1v) is 8.62. The highest BCUT2D eigenvalue weighted by Crippen LogP contribution is 2.33. The molecule has 3 aromatic heterocycles. The van der Waals surface area contributed by atoms with Gasteiger partial charge in [-0.1, -0.05) is 11.2 Å². The van der Waals surface area contributed by atoms with Crippen molar-refractivity contribution in [2.45, 2.75) is 32.7 Å². The first-order chi connectivity index (χ1) is 12.6. The van der Waals surface area contributed by atoms with E-state index in [0.717, 1.165) is 47.7 Å². The average Bonchev–Trinajstić information content (AvgIpc) is 3.29. The molecule has 0 spiro atoms. The minimum Gasteiger partial charge on any atom is -0.361 e. The third-order valence-corrected chi connectivity index (χ3v) is 4.79. The van der Waals surface area contributed by atoms with Crippen LogP contribution in [0.4, 0.5) is 0 Å². The minimum atomic E-state index is -0.0287. The van der Waals surface area contributed by atoms with Crippen molar-refractivity contribution in [2.24, 2.45) is 0 Å². The minimum absolute atomic E-state index is 0.0191. The molecular formula is C19H19N5O2. The quantitative estimate of drug-likeness (QED) is 0.722. The Balaban J connectivity index is 1.60. The topological polar surface area (TPSA) is 85.0 Å². The molecule has 1 atom stereocenters. The summed E-state index contributed by atoms with van der Waals surface area (Å²) < 4.78 is 5.24. The fourth-order valence-electron chi connectivity index (χ4n) is 3.55. The molecule has 3 aromatic rings. The molecule has 1 fully saturated rings. The first-order valence-electron chi connectivity index (χ1n) is 8.62. The number of nitrogens with zero attached hydrogens (tertiary/aromatic N) is 5.